The molecule has 2 aliphatic heterocycles. The molecule has 0 aliphatic carbocycles. The maximum atomic E-state index is 13.4. The molecular weight excluding hydrogens is 364 g/mol. The summed E-state index contributed by atoms with van der Waals surface area (Å²) in [4.78, 5) is 18.5. The molecule has 0 spiro atoms. The SMILES string of the molecule is O=C(CCc1ccccc1)N1CCC([C@@H]2C[C@H](C(F)F)n3ncnc3N2)CC1. The molecule has 2 atom stereocenters. The molecule has 150 valence electrons. The monoisotopic (exact) mass is 389 g/mol. The van der Waals surface area contributed by atoms with Gasteiger partial charge in [-0.1, -0.05) is 30.3 Å². The van der Waals surface area contributed by atoms with Gasteiger partial charge in [-0.05, 0) is 37.2 Å². The minimum Gasteiger partial charge on any atom is -0.351 e. The molecule has 1 fully saturated rings. The number of carbonyl (C=O) groups is 1. The van der Waals surface area contributed by atoms with E-state index in [1.807, 2.05) is 35.2 Å². The first-order valence-electron chi connectivity index (χ1n) is 9.87. The Hall–Kier alpha value is -2.51. The van der Waals surface area contributed by atoms with E-state index in [-0.39, 0.29) is 17.9 Å². The first-order chi connectivity index (χ1) is 13.6. The number of piperidine rings is 1. The van der Waals surface area contributed by atoms with Gasteiger partial charge in [0.1, 0.15) is 12.4 Å². The van der Waals surface area contributed by atoms with E-state index in [0.717, 1.165) is 19.3 Å². The van der Waals surface area contributed by atoms with Crippen molar-refractivity contribution >= 4 is 11.9 Å². The number of benzene rings is 1. The van der Waals surface area contributed by atoms with E-state index in [4.69, 9.17) is 0 Å². The first-order valence-corrected chi connectivity index (χ1v) is 9.87. The summed E-state index contributed by atoms with van der Waals surface area (Å²) in [7, 11) is 0. The average Bonchev–Trinajstić information content (AvgIpc) is 3.20. The summed E-state index contributed by atoms with van der Waals surface area (Å²) < 4.78 is 28.2. The van der Waals surface area contributed by atoms with Crippen LogP contribution >= 0.6 is 0 Å². The van der Waals surface area contributed by atoms with E-state index in [1.54, 1.807) is 0 Å². The number of nitrogens with zero attached hydrogens (tertiary/aromatic N) is 4. The number of fused-ring (bicyclic) bond motifs is 1. The molecule has 0 bridgehead atoms. The van der Waals surface area contributed by atoms with Crippen LogP contribution < -0.4 is 5.32 Å². The zero-order chi connectivity index (χ0) is 19.5. The van der Waals surface area contributed by atoms with E-state index in [9.17, 15) is 13.6 Å². The van der Waals surface area contributed by atoms with Crippen molar-refractivity contribution in [2.24, 2.45) is 5.92 Å². The molecule has 1 aromatic heterocycles. The third-order valence-electron chi connectivity index (χ3n) is 5.92. The number of amides is 1. The molecule has 1 amide bonds. The lowest BCUT2D eigenvalue weighted by Gasteiger charge is -2.40. The highest BCUT2D eigenvalue weighted by atomic mass is 19.3. The molecular formula is C20H25F2N5O. The van der Waals surface area contributed by atoms with Gasteiger partial charge in [-0.2, -0.15) is 10.1 Å². The second-order valence-corrected chi connectivity index (χ2v) is 7.62. The second-order valence-electron chi connectivity index (χ2n) is 7.62. The number of hydrogen-bond donors (Lipinski definition) is 1. The van der Waals surface area contributed by atoms with Gasteiger partial charge in [0.05, 0.1) is 0 Å². The molecule has 28 heavy (non-hydrogen) atoms. The second kappa shape index (κ2) is 8.24. The van der Waals surface area contributed by atoms with Crippen molar-refractivity contribution in [3.05, 3.63) is 42.2 Å². The summed E-state index contributed by atoms with van der Waals surface area (Å²) in [5, 5.41) is 7.20. The van der Waals surface area contributed by atoms with E-state index in [2.05, 4.69) is 15.4 Å². The van der Waals surface area contributed by atoms with Gasteiger partial charge < -0.3 is 10.2 Å². The molecule has 1 saturated heterocycles. The first kappa shape index (κ1) is 18.8. The van der Waals surface area contributed by atoms with Gasteiger partial charge in [-0.15, -0.1) is 0 Å². The highest BCUT2D eigenvalue weighted by Gasteiger charge is 2.38. The average molecular weight is 389 g/mol. The van der Waals surface area contributed by atoms with Crippen molar-refractivity contribution in [2.75, 3.05) is 18.4 Å². The molecule has 0 saturated carbocycles. The number of hydrogen-bond acceptors (Lipinski definition) is 4. The number of carbonyl (C=O) groups excluding carboxylic acids is 1. The van der Waals surface area contributed by atoms with E-state index >= 15 is 0 Å². The van der Waals surface area contributed by atoms with Crippen molar-refractivity contribution in [3.63, 3.8) is 0 Å². The van der Waals surface area contributed by atoms with Crippen LogP contribution in [0.25, 0.3) is 0 Å². The molecule has 8 heteroatoms. The van der Waals surface area contributed by atoms with Crippen LogP contribution in [0.2, 0.25) is 0 Å². The molecule has 2 aromatic rings. The van der Waals surface area contributed by atoms with Crippen molar-refractivity contribution in [1.29, 1.82) is 0 Å². The predicted octanol–water partition coefficient (Wildman–Crippen LogP) is 3.14. The van der Waals surface area contributed by atoms with Crippen LogP contribution in [0.5, 0.6) is 0 Å². The Morgan fingerprint density at radius 2 is 1.96 bits per heavy atom. The lowest BCUT2D eigenvalue weighted by Crippen LogP contribution is -2.46. The summed E-state index contributed by atoms with van der Waals surface area (Å²) in [6.45, 7) is 1.37. The van der Waals surface area contributed by atoms with Crippen LogP contribution in [0.4, 0.5) is 14.7 Å². The van der Waals surface area contributed by atoms with Gasteiger partial charge in [0.2, 0.25) is 11.9 Å². The quantitative estimate of drug-likeness (QED) is 0.853. The van der Waals surface area contributed by atoms with Crippen LogP contribution in [0.3, 0.4) is 0 Å². The molecule has 3 heterocycles. The van der Waals surface area contributed by atoms with Crippen LogP contribution in [-0.2, 0) is 11.2 Å². The molecule has 1 N–H and O–H groups in total. The lowest BCUT2D eigenvalue weighted by atomic mass is 9.85. The molecule has 0 unspecified atom stereocenters. The van der Waals surface area contributed by atoms with Gasteiger partial charge >= 0.3 is 0 Å². The zero-order valence-corrected chi connectivity index (χ0v) is 15.7. The van der Waals surface area contributed by atoms with Crippen LogP contribution in [-0.4, -0.2) is 51.1 Å². The van der Waals surface area contributed by atoms with E-state index < -0.39 is 12.5 Å². The summed E-state index contributed by atoms with van der Waals surface area (Å²) in [5.41, 5.74) is 1.17. The Morgan fingerprint density at radius 3 is 2.68 bits per heavy atom. The van der Waals surface area contributed by atoms with Crippen molar-refractivity contribution in [1.82, 2.24) is 19.7 Å². The van der Waals surface area contributed by atoms with Crippen LogP contribution in [0.15, 0.2) is 36.7 Å². The summed E-state index contributed by atoms with van der Waals surface area (Å²) >= 11 is 0. The predicted molar refractivity (Wildman–Crippen MR) is 101 cm³/mol. The smallest absolute Gasteiger partial charge is 0.260 e. The number of aryl methyl sites for hydroxylation is 1. The maximum Gasteiger partial charge on any atom is 0.260 e. The van der Waals surface area contributed by atoms with Gasteiger partial charge in [0.15, 0.2) is 0 Å². The number of aromatic nitrogens is 3. The fraction of sp³-hybridized carbons (Fsp3) is 0.550. The molecule has 0 radical (unpaired) electrons. The number of likely N-dealkylation sites (tertiary alicyclic amines) is 1. The molecule has 6 nitrogen and oxygen atoms in total. The van der Waals surface area contributed by atoms with Gasteiger partial charge in [0, 0.05) is 25.6 Å². The largest absolute Gasteiger partial charge is 0.351 e. The number of halogens is 2. The summed E-state index contributed by atoms with van der Waals surface area (Å²) in [5.74, 6) is 0.844. The van der Waals surface area contributed by atoms with Crippen molar-refractivity contribution in [2.45, 2.75) is 50.6 Å². The van der Waals surface area contributed by atoms with Gasteiger partial charge in [-0.25, -0.2) is 13.5 Å². The zero-order valence-electron chi connectivity index (χ0n) is 15.7. The summed E-state index contributed by atoms with van der Waals surface area (Å²) in [6, 6.07) is 9.01. The molecule has 4 rings (SSSR count). The Morgan fingerprint density at radius 1 is 1.21 bits per heavy atom. The number of anilines is 1. The molecule has 1 aromatic carbocycles. The highest BCUT2D eigenvalue weighted by molar-refractivity contribution is 5.76. The van der Waals surface area contributed by atoms with Crippen LogP contribution in [0.1, 0.15) is 37.3 Å². The third kappa shape index (κ3) is 4.00. The third-order valence-corrected chi connectivity index (χ3v) is 5.92. The fourth-order valence-corrected chi connectivity index (χ4v) is 4.31. The minimum atomic E-state index is -2.47. The van der Waals surface area contributed by atoms with Crippen molar-refractivity contribution in [3.8, 4) is 0 Å². The van der Waals surface area contributed by atoms with Gasteiger partial charge in [0.25, 0.3) is 6.43 Å². The fourth-order valence-electron chi connectivity index (χ4n) is 4.31. The number of alkyl halides is 2. The normalized spacial score (nSPS) is 22.8. The summed E-state index contributed by atoms with van der Waals surface area (Å²) in [6.07, 6.45) is 2.07. The highest BCUT2D eigenvalue weighted by Crippen LogP contribution is 2.35. The Labute approximate surface area is 162 Å². The van der Waals surface area contributed by atoms with Crippen molar-refractivity contribution < 1.29 is 13.6 Å². The Kier molecular flexibility index (Phi) is 5.54. The maximum absolute atomic E-state index is 13.4. The molecule has 2 aliphatic rings. The number of rotatable bonds is 5. The standard InChI is InChI=1S/C20H25F2N5O/c21-19(22)17-12-16(25-20-23-13-24-27(17)20)15-8-10-26(11-9-15)18(28)7-6-14-4-2-1-3-5-14/h1-5,13,15-17,19H,6-12H2,(H,23,24,25)/t16-,17+/m0/s1. The van der Waals surface area contributed by atoms with Gasteiger partial charge in [-0.3, -0.25) is 4.79 Å². The van der Waals surface area contributed by atoms with E-state index in [1.165, 1.54) is 16.6 Å². The minimum absolute atomic E-state index is 0.0581. The number of nitrogens with one attached hydrogen (secondary N) is 1. The van der Waals surface area contributed by atoms with Crippen LogP contribution in [0, 0.1) is 5.92 Å². The topological polar surface area (TPSA) is 63.1 Å². The van der Waals surface area contributed by atoms with E-state index in [0.29, 0.717) is 31.9 Å². The Bertz CT molecular complexity index is 789. The lowest BCUT2D eigenvalue weighted by molar-refractivity contribution is -0.132. The Balaban J connectivity index is 1.30.